The lowest BCUT2D eigenvalue weighted by atomic mass is 9.99. The van der Waals surface area contributed by atoms with Crippen LogP contribution in [-0.4, -0.2) is 24.1 Å². The Morgan fingerprint density at radius 1 is 0.267 bits per heavy atom. The van der Waals surface area contributed by atoms with Gasteiger partial charge in [0.15, 0.2) is 17.5 Å². The Morgan fingerprint density at radius 3 is 0.860 bits per heavy atom. The molecule has 11 heteroatoms. The lowest BCUT2D eigenvalue weighted by Crippen LogP contribution is -2.10. The van der Waals surface area contributed by atoms with Gasteiger partial charge >= 0.3 is 12.4 Å². The largest absolute Gasteiger partial charge is 0.416 e. The van der Waals surface area contributed by atoms with Gasteiger partial charge in [-0.05, 0) is 157 Å². The van der Waals surface area contributed by atoms with E-state index in [-0.39, 0.29) is 28.6 Å². The van der Waals surface area contributed by atoms with Crippen molar-refractivity contribution >= 4 is 43.6 Å². The first-order valence-corrected chi connectivity index (χ1v) is 28.2. The van der Waals surface area contributed by atoms with Gasteiger partial charge in [-0.1, -0.05) is 174 Å². The van der Waals surface area contributed by atoms with Gasteiger partial charge in [0.25, 0.3) is 0 Å². The maximum absolute atomic E-state index is 15.4. The zero-order valence-corrected chi connectivity index (χ0v) is 47.0. The van der Waals surface area contributed by atoms with Crippen LogP contribution in [0.25, 0.3) is 134 Å². The van der Waals surface area contributed by atoms with Gasteiger partial charge < -0.3 is 9.13 Å². The third kappa shape index (κ3) is 9.74. The van der Waals surface area contributed by atoms with Crippen molar-refractivity contribution in [2.75, 3.05) is 0 Å². The molecule has 0 bridgehead atoms. The van der Waals surface area contributed by atoms with E-state index < -0.39 is 23.5 Å². The van der Waals surface area contributed by atoms with Crippen molar-refractivity contribution in [3.05, 3.63) is 270 Å². The van der Waals surface area contributed by atoms with E-state index in [1.54, 1.807) is 30.3 Å². The molecule has 0 saturated carbocycles. The third-order valence-electron chi connectivity index (χ3n) is 16.2. The molecule has 0 fully saturated rings. The number of halogens is 6. The van der Waals surface area contributed by atoms with E-state index in [0.29, 0.717) is 39.0 Å². The monoisotopic (exact) mass is 1140 g/mol. The van der Waals surface area contributed by atoms with Crippen LogP contribution >= 0.6 is 0 Å². The first-order chi connectivity index (χ1) is 41.5. The van der Waals surface area contributed by atoms with Crippen molar-refractivity contribution in [3.63, 3.8) is 0 Å². The number of fused-ring (bicyclic) bond motifs is 6. The van der Waals surface area contributed by atoms with E-state index in [1.807, 2.05) is 158 Å². The summed E-state index contributed by atoms with van der Waals surface area (Å²) in [6.45, 7) is 8.14. The average Bonchev–Trinajstić information content (AvgIpc) is 1.70. The second-order valence-corrected chi connectivity index (χ2v) is 22.2. The van der Waals surface area contributed by atoms with Crippen LogP contribution in [-0.2, 0) is 12.4 Å². The zero-order chi connectivity index (χ0) is 59.2. The summed E-state index contributed by atoms with van der Waals surface area (Å²) in [5.74, 6) is -0.333. The first kappa shape index (κ1) is 53.6. The molecule has 14 rings (SSSR count). The normalized spacial score (nSPS) is 12.1. The highest BCUT2D eigenvalue weighted by Gasteiger charge is 2.35. The van der Waals surface area contributed by atoms with Gasteiger partial charge in [0.1, 0.15) is 0 Å². The molecule has 0 amide bonds. The Labute approximate surface area is 491 Å². The molecule has 5 nitrogen and oxygen atoms in total. The van der Waals surface area contributed by atoms with Crippen LogP contribution in [0.2, 0.25) is 0 Å². The van der Waals surface area contributed by atoms with Crippen LogP contribution in [0.5, 0.6) is 0 Å². The topological polar surface area (TPSA) is 48.5 Å². The van der Waals surface area contributed by atoms with Gasteiger partial charge in [-0.2, -0.15) is 26.3 Å². The zero-order valence-electron chi connectivity index (χ0n) is 47.0. The highest BCUT2D eigenvalue weighted by Crippen LogP contribution is 2.45. The smallest absolute Gasteiger partial charge is 0.309 e. The van der Waals surface area contributed by atoms with Crippen molar-refractivity contribution in [3.8, 4) is 90.0 Å². The molecule has 0 atom stereocenters. The Kier molecular flexibility index (Phi) is 12.9. The summed E-state index contributed by atoms with van der Waals surface area (Å²) in [5.41, 5.74) is 14.0. The average molecular weight is 1140 g/mol. The summed E-state index contributed by atoms with van der Waals surface area (Å²) in [6, 6.07) is 73.0. The lowest BCUT2D eigenvalue weighted by molar-refractivity contribution is -0.138. The highest BCUT2D eigenvalue weighted by atomic mass is 19.4. The maximum Gasteiger partial charge on any atom is 0.416 e. The molecule has 14 aromatic rings. The van der Waals surface area contributed by atoms with Crippen LogP contribution in [0, 0.1) is 27.7 Å². The fourth-order valence-electron chi connectivity index (χ4n) is 12.1. The molecule has 0 aliphatic carbocycles. The quantitative estimate of drug-likeness (QED) is 0.135. The van der Waals surface area contributed by atoms with Gasteiger partial charge in [0.2, 0.25) is 0 Å². The fourth-order valence-corrected chi connectivity index (χ4v) is 12.1. The van der Waals surface area contributed by atoms with Crippen LogP contribution < -0.4 is 0 Å². The molecule has 0 N–H and O–H groups in total. The minimum atomic E-state index is -4.82. The van der Waals surface area contributed by atoms with E-state index in [9.17, 15) is 0 Å². The SMILES string of the molecule is Cc1cccc(-c2ccc3c(c2)c2cc(-c4cccc(C)c4)ccc2n3-c2ccc(C(F)(F)F)cc2-c2nc(-c3ccccc3)nc(-c3cc(C(F)(F)F)ccc3-n3c4ccc(-c5cccc(C)c5)cc4c4cc(-c5cccc(C)c5)ccc43)n2)c1. The maximum atomic E-state index is 15.4. The Hall–Kier alpha value is -10.4. The molecule has 0 aliphatic heterocycles. The number of hydrogen-bond acceptors (Lipinski definition) is 3. The minimum absolute atomic E-state index is 0.0253. The van der Waals surface area contributed by atoms with E-state index in [0.717, 1.165) is 113 Å². The minimum Gasteiger partial charge on any atom is -0.309 e. The van der Waals surface area contributed by atoms with Crippen molar-refractivity contribution in [1.82, 2.24) is 24.1 Å². The summed E-state index contributed by atoms with van der Waals surface area (Å²) < 4.78 is 96.0. The standard InChI is InChI=1S/C75H51F6N5/c1-44-12-8-18-49(34-44)53-22-28-65-59(38-53)60-39-54(50-19-9-13-45(2)35-50)23-29-66(60)85(65)69-32-26-57(74(76,77)78)42-63(69)72-82-71(48-16-6-5-7-17-48)83-73(84-72)64-43-58(75(79,80)81)27-33-70(64)86-67-30-24-55(51-20-10-14-46(3)36-51)40-61(67)62-41-56(25-31-68(62)86)52-21-11-15-47(4)37-52/h5-43H,1-4H3. The Balaban J connectivity index is 1.04. The second kappa shape index (κ2) is 20.7. The Morgan fingerprint density at radius 2 is 0.558 bits per heavy atom. The molecule has 0 unspecified atom stereocenters. The van der Waals surface area contributed by atoms with Crippen molar-refractivity contribution < 1.29 is 26.3 Å². The van der Waals surface area contributed by atoms with Crippen molar-refractivity contribution in [2.45, 2.75) is 40.0 Å². The number of nitrogens with zero attached hydrogens (tertiary/aromatic N) is 5. The molecule has 418 valence electrons. The highest BCUT2D eigenvalue weighted by molar-refractivity contribution is 6.13. The van der Waals surface area contributed by atoms with E-state index >= 15 is 26.3 Å². The van der Waals surface area contributed by atoms with Gasteiger partial charge in [-0.3, -0.25) is 0 Å². The van der Waals surface area contributed by atoms with Crippen LogP contribution in [0.3, 0.4) is 0 Å². The van der Waals surface area contributed by atoms with Crippen molar-refractivity contribution in [1.29, 1.82) is 0 Å². The summed E-state index contributed by atoms with van der Waals surface area (Å²) in [6.07, 6.45) is -9.64. The van der Waals surface area contributed by atoms with E-state index in [2.05, 4.69) is 48.5 Å². The molecular formula is C75H51F6N5. The first-order valence-electron chi connectivity index (χ1n) is 28.2. The number of hydrogen-bond donors (Lipinski definition) is 0. The number of benzene rings is 11. The molecule has 86 heavy (non-hydrogen) atoms. The van der Waals surface area contributed by atoms with Gasteiger partial charge in [0, 0.05) is 38.2 Å². The van der Waals surface area contributed by atoms with Gasteiger partial charge in [0.05, 0.1) is 44.6 Å². The van der Waals surface area contributed by atoms with E-state index in [1.165, 1.54) is 12.1 Å². The number of aromatic nitrogens is 5. The third-order valence-corrected chi connectivity index (χ3v) is 16.2. The molecule has 0 spiro atoms. The lowest BCUT2D eigenvalue weighted by Gasteiger charge is -2.19. The van der Waals surface area contributed by atoms with Crippen LogP contribution in [0.15, 0.2) is 237 Å². The Bertz CT molecular complexity index is 4530. The molecule has 3 heterocycles. The molecule has 0 aliphatic rings. The molecule has 0 radical (unpaired) electrons. The van der Waals surface area contributed by atoms with E-state index in [4.69, 9.17) is 15.0 Å². The van der Waals surface area contributed by atoms with Gasteiger partial charge in [-0.25, -0.2) is 15.0 Å². The molecule has 0 saturated heterocycles. The number of rotatable bonds is 9. The molecule has 11 aromatic carbocycles. The van der Waals surface area contributed by atoms with Crippen LogP contribution in [0.1, 0.15) is 33.4 Å². The summed E-state index contributed by atoms with van der Waals surface area (Å²) in [7, 11) is 0. The summed E-state index contributed by atoms with van der Waals surface area (Å²) in [5, 5.41) is 3.38. The van der Waals surface area contributed by atoms with Crippen LogP contribution in [0.4, 0.5) is 26.3 Å². The summed E-state index contributed by atoms with van der Waals surface area (Å²) >= 11 is 0. The molecule has 3 aromatic heterocycles. The van der Waals surface area contributed by atoms with Gasteiger partial charge in [-0.15, -0.1) is 0 Å². The predicted octanol–water partition coefficient (Wildman–Crippen LogP) is 21.0. The fraction of sp³-hybridized carbons (Fsp3) is 0.0800. The number of aryl methyl sites for hydroxylation is 4. The predicted molar refractivity (Wildman–Crippen MR) is 336 cm³/mol. The second-order valence-electron chi connectivity index (χ2n) is 22.2. The molecular weight excluding hydrogens is 1080 g/mol. The van der Waals surface area contributed by atoms with Crippen molar-refractivity contribution in [2.24, 2.45) is 0 Å². The number of alkyl halides is 6. The summed E-state index contributed by atoms with van der Waals surface area (Å²) in [4.78, 5) is 15.1.